The maximum absolute atomic E-state index is 13.5. The molecule has 11 heteroatoms. The van der Waals surface area contributed by atoms with Crippen molar-refractivity contribution >= 4 is 23.3 Å². The Morgan fingerprint density at radius 1 is 1.32 bits per heavy atom. The van der Waals surface area contributed by atoms with Gasteiger partial charge in [-0.3, -0.25) is 4.68 Å². The molecule has 1 unspecified atom stereocenters. The molecule has 7 rings (SSSR count). The molecule has 2 aliphatic heterocycles. The highest BCUT2D eigenvalue weighted by atomic mass is 35.5. The molecule has 2 bridgehead atoms. The zero-order valence-corrected chi connectivity index (χ0v) is 19.8. The summed E-state index contributed by atoms with van der Waals surface area (Å²) >= 11 is 6.37. The number of urea groups is 1. The average molecular weight is 484 g/mol. The number of rotatable bonds is 6. The van der Waals surface area contributed by atoms with Crippen LogP contribution in [-0.4, -0.2) is 48.0 Å². The molecule has 4 fully saturated rings. The lowest BCUT2D eigenvalue weighted by Gasteiger charge is -2.61. The predicted molar refractivity (Wildman–Crippen MR) is 123 cm³/mol. The number of benzene rings is 1. The molecule has 2 saturated heterocycles. The van der Waals surface area contributed by atoms with E-state index in [9.17, 15) is 4.79 Å². The number of carbonyl (C=O) groups excluding carboxylic acids is 1. The maximum atomic E-state index is 13.5. The van der Waals surface area contributed by atoms with Gasteiger partial charge in [-0.25, -0.2) is 9.78 Å². The highest BCUT2D eigenvalue weighted by Crippen LogP contribution is 2.55. The Hall–Kier alpha value is -2.98. The number of amides is 2. The van der Waals surface area contributed by atoms with Gasteiger partial charge in [0, 0.05) is 30.8 Å². The van der Waals surface area contributed by atoms with Crippen LogP contribution in [0.3, 0.4) is 0 Å². The topological polar surface area (TPSA) is 111 Å². The molecule has 10 nitrogen and oxygen atoms in total. The van der Waals surface area contributed by atoms with Crippen molar-refractivity contribution in [1.29, 1.82) is 0 Å². The summed E-state index contributed by atoms with van der Waals surface area (Å²) < 4.78 is 13.3. The number of nitrogens with one attached hydrogen (secondary N) is 1. The second-order valence-electron chi connectivity index (χ2n) is 9.68. The fourth-order valence-electron chi connectivity index (χ4n) is 5.29. The van der Waals surface area contributed by atoms with Crippen LogP contribution in [0, 0.1) is 5.92 Å². The first-order chi connectivity index (χ1) is 16.4. The van der Waals surface area contributed by atoms with Crippen LogP contribution in [0.1, 0.15) is 50.8 Å². The maximum Gasteiger partial charge on any atom is 0.323 e. The number of hydrogen-bond donors (Lipinski definition) is 1. The first kappa shape index (κ1) is 21.5. The van der Waals surface area contributed by atoms with Crippen LogP contribution in [0.2, 0.25) is 5.02 Å². The summed E-state index contributed by atoms with van der Waals surface area (Å²) in [5.41, 5.74) is 0.688. The van der Waals surface area contributed by atoms with E-state index in [1.807, 2.05) is 4.90 Å². The molecule has 34 heavy (non-hydrogen) atoms. The third kappa shape index (κ3) is 3.74. The molecule has 1 aromatic carbocycles. The van der Waals surface area contributed by atoms with Gasteiger partial charge in [-0.15, -0.1) is 10.2 Å². The third-order valence-electron chi connectivity index (χ3n) is 6.87. The molecule has 2 amide bonds. The first-order valence-corrected chi connectivity index (χ1v) is 12.0. The zero-order chi connectivity index (χ0) is 23.4. The summed E-state index contributed by atoms with van der Waals surface area (Å²) in [4.78, 5) is 19.6. The Labute approximate surface area is 201 Å². The number of fused-ring (bicyclic) bond motifs is 2. The van der Waals surface area contributed by atoms with Crippen LogP contribution >= 0.6 is 11.6 Å². The van der Waals surface area contributed by atoms with Gasteiger partial charge in [-0.05, 0) is 49.8 Å². The standard InChI is InChI=1S/C23H26ClN7O3/c1-13-7-15-10-23(9-13,21-28-27-19(34-21)11-33-16-4-5-16)31(15)22(32)26-14-3-6-18(24)17(8-14)20-25-12-30(2)29-20/h3,6,8,12-13,15-16H,4-5,7,9-11H2,1-2H3,(H,26,32)/t13-,15-,23?/m1/s1. The number of aromatic nitrogens is 5. The Bertz CT molecular complexity index is 1240. The number of ether oxygens (including phenoxy) is 1. The lowest BCUT2D eigenvalue weighted by Crippen LogP contribution is -2.70. The largest absolute Gasteiger partial charge is 0.420 e. The quantitative estimate of drug-likeness (QED) is 0.561. The highest BCUT2D eigenvalue weighted by molar-refractivity contribution is 6.33. The van der Waals surface area contributed by atoms with Gasteiger partial charge in [0.2, 0.25) is 11.8 Å². The minimum atomic E-state index is -0.588. The summed E-state index contributed by atoms with van der Waals surface area (Å²) in [5, 5.41) is 16.4. The number of hydrogen-bond acceptors (Lipinski definition) is 7. The normalized spacial score (nSPS) is 25.8. The number of carbonyl (C=O) groups is 1. The molecule has 2 aliphatic carbocycles. The van der Waals surface area contributed by atoms with Crippen LogP contribution in [0.5, 0.6) is 0 Å². The smallest absolute Gasteiger partial charge is 0.323 e. The molecule has 2 saturated carbocycles. The first-order valence-electron chi connectivity index (χ1n) is 11.6. The lowest BCUT2D eigenvalue weighted by atomic mass is 9.64. The van der Waals surface area contributed by atoms with Gasteiger partial charge in [0.25, 0.3) is 0 Å². The van der Waals surface area contributed by atoms with E-state index in [4.69, 9.17) is 20.8 Å². The molecule has 0 radical (unpaired) electrons. The fraction of sp³-hybridized carbons (Fsp3) is 0.522. The van der Waals surface area contributed by atoms with E-state index >= 15 is 0 Å². The van der Waals surface area contributed by atoms with Gasteiger partial charge in [0.15, 0.2) is 5.82 Å². The molecule has 3 atom stereocenters. The second-order valence-corrected chi connectivity index (χ2v) is 10.1. The van der Waals surface area contributed by atoms with E-state index in [0.29, 0.717) is 52.5 Å². The monoisotopic (exact) mass is 483 g/mol. The predicted octanol–water partition coefficient (Wildman–Crippen LogP) is 4.13. The van der Waals surface area contributed by atoms with Crippen molar-refractivity contribution in [3.8, 4) is 11.4 Å². The van der Waals surface area contributed by atoms with Gasteiger partial charge < -0.3 is 19.4 Å². The fourth-order valence-corrected chi connectivity index (χ4v) is 5.50. The number of halogens is 1. The van der Waals surface area contributed by atoms with E-state index in [1.165, 1.54) is 0 Å². The van der Waals surface area contributed by atoms with Crippen LogP contribution in [-0.2, 0) is 23.9 Å². The van der Waals surface area contributed by atoms with Crippen molar-refractivity contribution in [3.63, 3.8) is 0 Å². The van der Waals surface area contributed by atoms with E-state index in [0.717, 1.165) is 32.1 Å². The van der Waals surface area contributed by atoms with Crippen molar-refractivity contribution in [1.82, 2.24) is 29.9 Å². The summed E-state index contributed by atoms with van der Waals surface area (Å²) in [5.74, 6) is 1.91. The van der Waals surface area contributed by atoms with Gasteiger partial charge in [-0.1, -0.05) is 18.5 Å². The van der Waals surface area contributed by atoms with Crippen LogP contribution in [0.25, 0.3) is 11.4 Å². The Balaban J connectivity index is 1.23. The van der Waals surface area contributed by atoms with Crippen molar-refractivity contribution in [3.05, 3.63) is 41.3 Å². The summed E-state index contributed by atoms with van der Waals surface area (Å²) in [7, 11) is 1.79. The number of aryl methyl sites for hydroxylation is 1. The minimum absolute atomic E-state index is 0.131. The second kappa shape index (κ2) is 8.06. The summed E-state index contributed by atoms with van der Waals surface area (Å²) in [6, 6.07) is 5.24. The van der Waals surface area contributed by atoms with Crippen LogP contribution in [0.15, 0.2) is 28.9 Å². The zero-order valence-electron chi connectivity index (χ0n) is 19.1. The number of piperidine rings is 1. The van der Waals surface area contributed by atoms with E-state index in [-0.39, 0.29) is 12.1 Å². The Morgan fingerprint density at radius 2 is 2.18 bits per heavy atom. The van der Waals surface area contributed by atoms with Crippen molar-refractivity contribution in [2.24, 2.45) is 13.0 Å². The van der Waals surface area contributed by atoms with Crippen molar-refractivity contribution < 1.29 is 13.9 Å². The minimum Gasteiger partial charge on any atom is -0.420 e. The molecule has 4 heterocycles. The van der Waals surface area contributed by atoms with Crippen molar-refractivity contribution in [2.45, 2.75) is 63.3 Å². The van der Waals surface area contributed by atoms with Gasteiger partial charge >= 0.3 is 6.03 Å². The number of nitrogens with zero attached hydrogens (tertiary/aromatic N) is 6. The Morgan fingerprint density at radius 3 is 2.94 bits per heavy atom. The Kier molecular flexibility index (Phi) is 5.11. The van der Waals surface area contributed by atoms with E-state index < -0.39 is 5.54 Å². The average Bonchev–Trinajstić information content (AvgIpc) is 3.32. The molecule has 2 aromatic heterocycles. The van der Waals surface area contributed by atoms with Crippen LogP contribution < -0.4 is 5.32 Å². The van der Waals surface area contributed by atoms with E-state index in [2.05, 4.69) is 32.5 Å². The van der Waals surface area contributed by atoms with Gasteiger partial charge in [-0.2, -0.15) is 5.10 Å². The molecular formula is C23H26ClN7O3. The molecule has 0 spiro atoms. The van der Waals surface area contributed by atoms with Crippen LogP contribution in [0.4, 0.5) is 10.5 Å². The van der Waals surface area contributed by atoms with Crippen molar-refractivity contribution in [2.75, 3.05) is 5.32 Å². The molecular weight excluding hydrogens is 458 g/mol. The molecule has 4 aliphatic rings. The summed E-state index contributed by atoms with van der Waals surface area (Å²) in [6.45, 7) is 2.52. The molecule has 1 N–H and O–H groups in total. The highest BCUT2D eigenvalue weighted by Gasteiger charge is 2.62. The van der Waals surface area contributed by atoms with Gasteiger partial charge in [0.1, 0.15) is 18.5 Å². The number of anilines is 1. The van der Waals surface area contributed by atoms with E-state index in [1.54, 1.807) is 36.3 Å². The molecule has 3 aromatic rings. The molecule has 178 valence electrons. The van der Waals surface area contributed by atoms with Gasteiger partial charge in [0.05, 0.1) is 11.1 Å². The lowest BCUT2D eigenvalue weighted by molar-refractivity contribution is -0.110. The SMILES string of the molecule is C[C@@H]1C[C@@H]2CC(c3nnc(COC4CC4)o3)(C1)N2C(=O)Nc1ccc(Cl)c(-c2ncn(C)n2)c1. The third-order valence-corrected chi connectivity index (χ3v) is 7.20. The summed E-state index contributed by atoms with van der Waals surface area (Å²) in [6.07, 6.45) is 6.64.